The maximum Gasteiger partial charge on any atom is 0.204 e. The van der Waals surface area contributed by atoms with E-state index in [0.29, 0.717) is 18.9 Å². The normalized spacial score (nSPS) is 11.1. The van der Waals surface area contributed by atoms with Crippen LogP contribution in [0.25, 0.3) is 17.1 Å². The first kappa shape index (κ1) is 24.7. The van der Waals surface area contributed by atoms with Crippen LogP contribution < -0.4 is 18.9 Å². The monoisotopic (exact) mass is 488 g/mol. The number of phenols is 1. The Morgan fingerprint density at radius 3 is 2.44 bits per heavy atom. The van der Waals surface area contributed by atoms with Gasteiger partial charge in [-0.3, -0.25) is 4.79 Å². The van der Waals surface area contributed by atoms with E-state index in [1.165, 1.54) is 33.5 Å². The highest BCUT2D eigenvalue weighted by molar-refractivity contribution is 6.11. The first-order chi connectivity index (χ1) is 17.5. The number of ketones is 1. The van der Waals surface area contributed by atoms with Crippen molar-refractivity contribution in [2.24, 2.45) is 0 Å². The van der Waals surface area contributed by atoms with E-state index in [9.17, 15) is 9.90 Å². The van der Waals surface area contributed by atoms with Gasteiger partial charge in [0, 0.05) is 11.6 Å². The molecule has 0 radical (unpaired) electrons. The lowest BCUT2D eigenvalue weighted by molar-refractivity contribution is 0.104. The number of imidazole rings is 1. The molecule has 3 aromatic carbocycles. The molecule has 1 aromatic heterocycles. The molecule has 4 aromatic rings. The van der Waals surface area contributed by atoms with Gasteiger partial charge in [-0.1, -0.05) is 30.3 Å². The van der Waals surface area contributed by atoms with Crippen LogP contribution in [0.15, 0.2) is 60.7 Å². The van der Waals surface area contributed by atoms with Crippen molar-refractivity contribution in [3.63, 3.8) is 0 Å². The molecular weight excluding hydrogens is 460 g/mol. The second kappa shape index (κ2) is 10.9. The summed E-state index contributed by atoms with van der Waals surface area (Å²) in [7, 11) is 4.26. The van der Waals surface area contributed by atoms with Gasteiger partial charge in [0.05, 0.1) is 38.9 Å². The number of carbonyl (C=O) groups is 1. The summed E-state index contributed by atoms with van der Waals surface area (Å²) in [6.45, 7) is 3.02. The summed E-state index contributed by atoms with van der Waals surface area (Å²) < 4.78 is 24.1. The zero-order valence-corrected chi connectivity index (χ0v) is 20.6. The second-order valence-corrected chi connectivity index (χ2v) is 7.92. The Bertz CT molecular complexity index is 1420. The molecule has 0 aliphatic carbocycles. The third-order valence-corrected chi connectivity index (χ3v) is 5.81. The van der Waals surface area contributed by atoms with E-state index in [1.807, 2.05) is 55.5 Å². The molecular formula is C28H28N2O6. The van der Waals surface area contributed by atoms with Crippen molar-refractivity contribution >= 4 is 22.9 Å². The van der Waals surface area contributed by atoms with Crippen molar-refractivity contribution in [1.29, 1.82) is 0 Å². The van der Waals surface area contributed by atoms with Gasteiger partial charge in [0.15, 0.2) is 17.3 Å². The summed E-state index contributed by atoms with van der Waals surface area (Å²) in [5.74, 6) is 1.39. The minimum Gasteiger partial charge on any atom is -0.507 e. The maximum atomic E-state index is 13.1. The van der Waals surface area contributed by atoms with Crippen molar-refractivity contribution in [3.8, 4) is 28.7 Å². The molecule has 0 bridgehead atoms. The van der Waals surface area contributed by atoms with Crippen LogP contribution in [0.1, 0.15) is 21.7 Å². The average Bonchev–Trinajstić information content (AvgIpc) is 3.21. The van der Waals surface area contributed by atoms with Gasteiger partial charge in [0.2, 0.25) is 5.75 Å². The molecule has 0 amide bonds. The number of rotatable bonds is 10. The van der Waals surface area contributed by atoms with E-state index in [0.717, 1.165) is 22.4 Å². The van der Waals surface area contributed by atoms with Crippen LogP contribution in [0.4, 0.5) is 0 Å². The van der Waals surface area contributed by atoms with Gasteiger partial charge in [-0.25, -0.2) is 4.98 Å². The number of aromatic nitrogens is 2. The van der Waals surface area contributed by atoms with Gasteiger partial charge >= 0.3 is 0 Å². The van der Waals surface area contributed by atoms with Gasteiger partial charge in [0.1, 0.15) is 29.5 Å². The number of benzene rings is 3. The molecule has 4 rings (SSSR count). The van der Waals surface area contributed by atoms with Crippen LogP contribution in [-0.2, 0) is 6.54 Å². The topological polar surface area (TPSA) is 92.0 Å². The average molecular weight is 489 g/mol. The number of hydrogen-bond donors (Lipinski definition) is 1. The van der Waals surface area contributed by atoms with Crippen LogP contribution in [0.5, 0.6) is 28.7 Å². The molecule has 0 unspecified atom stereocenters. The number of methoxy groups -OCH3 is 3. The minimum absolute atomic E-state index is 0.0211. The van der Waals surface area contributed by atoms with Crippen LogP contribution >= 0.6 is 0 Å². The quantitative estimate of drug-likeness (QED) is 0.247. The lowest BCUT2D eigenvalue weighted by atomic mass is 10.0. The number of ether oxygens (including phenoxy) is 4. The molecule has 0 saturated carbocycles. The van der Waals surface area contributed by atoms with Crippen LogP contribution in [0, 0.1) is 6.92 Å². The fraction of sp³-hybridized carbons (Fsp3) is 0.214. The molecule has 0 saturated heterocycles. The largest absolute Gasteiger partial charge is 0.507 e. The van der Waals surface area contributed by atoms with Crippen molar-refractivity contribution in [1.82, 2.24) is 9.55 Å². The molecule has 36 heavy (non-hydrogen) atoms. The minimum atomic E-state index is -0.458. The third-order valence-electron chi connectivity index (χ3n) is 5.81. The van der Waals surface area contributed by atoms with Gasteiger partial charge in [0.25, 0.3) is 0 Å². The lowest BCUT2D eigenvalue weighted by Crippen LogP contribution is -2.10. The number of hydrogen-bond acceptors (Lipinski definition) is 7. The number of carbonyl (C=O) groups excluding carboxylic acids is 1. The molecule has 0 atom stereocenters. The molecule has 8 nitrogen and oxygen atoms in total. The Morgan fingerprint density at radius 1 is 0.972 bits per heavy atom. The first-order valence-corrected chi connectivity index (χ1v) is 11.4. The van der Waals surface area contributed by atoms with E-state index in [4.69, 9.17) is 18.9 Å². The zero-order chi connectivity index (χ0) is 25.7. The number of para-hydroxylation sites is 3. The highest BCUT2D eigenvalue weighted by Crippen LogP contribution is 2.45. The maximum absolute atomic E-state index is 13.1. The fourth-order valence-electron chi connectivity index (χ4n) is 4.10. The fourth-order valence-corrected chi connectivity index (χ4v) is 4.10. The Morgan fingerprint density at radius 2 is 1.69 bits per heavy atom. The third kappa shape index (κ3) is 4.84. The predicted molar refractivity (Wildman–Crippen MR) is 138 cm³/mol. The summed E-state index contributed by atoms with van der Waals surface area (Å²) in [5, 5.41) is 10.5. The summed E-state index contributed by atoms with van der Waals surface area (Å²) in [5.41, 5.74) is 2.70. The highest BCUT2D eigenvalue weighted by Gasteiger charge is 2.24. The van der Waals surface area contributed by atoms with Gasteiger partial charge in [-0.2, -0.15) is 0 Å². The SMILES string of the molecule is COc1cc(O)c(C(=O)/C=C/c2ccccc2OCCn2c(C)nc3ccccc32)c(OC)c1OC. The standard InChI is InChI=1S/C28H28N2O6/c1-18-29-20-10-6-7-11-21(20)30(18)15-16-36-24-12-8-5-9-19(24)13-14-22(31)26-23(32)17-25(33-2)27(34-3)28(26)35-4/h5-14,17,32H,15-16H2,1-4H3/b14-13+. The summed E-state index contributed by atoms with van der Waals surface area (Å²) in [6, 6.07) is 16.7. The Balaban J connectivity index is 1.53. The molecule has 186 valence electrons. The molecule has 1 heterocycles. The number of nitrogens with zero attached hydrogens (tertiary/aromatic N) is 2. The van der Waals surface area contributed by atoms with Gasteiger partial charge in [-0.15, -0.1) is 0 Å². The second-order valence-electron chi connectivity index (χ2n) is 7.92. The van der Waals surface area contributed by atoms with Crippen LogP contribution in [0.3, 0.4) is 0 Å². The predicted octanol–water partition coefficient (Wildman–Crippen LogP) is 5.05. The molecule has 0 spiro atoms. The molecule has 8 heteroatoms. The Labute approximate surface area is 209 Å². The molecule has 0 aliphatic rings. The van der Waals surface area contributed by atoms with Gasteiger partial charge < -0.3 is 28.6 Å². The molecule has 1 N–H and O–H groups in total. The number of aromatic hydroxyl groups is 1. The van der Waals surface area contributed by atoms with Gasteiger partial charge in [-0.05, 0) is 37.3 Å². The van der Waals surface area contributed by atoms with Crippen LogP contribution in [-0.4, -0.2) is 48.4 Å². The van der Waals surface area contributed by atoms with Crippen molar-refractivity contribution in [2.75, 3.05) is 27.9 Å². The van der Waals surface area contributed by atoms with E-state index < -0.39 is 5.78 Å². The summed E-state index contributed by atoms with van der Waals surface area (Å²) in [4.78, 5) is 17.6. The van der Waals surface area contributed by atoms with Crippen LogP contribution in [0.2, 0.25) is 0 Å². The van der Waals surface area contributed by atoms with E-state index in [1.54, 1.807) is 6.08 Å². The van der Waals surface area contributed by atoms with Crippen molar-refractivity contribution in [3.05, 3.63) is 77.6 Å². The lowest BCUT2D eigenvalue weighted by Gasteiger charge is -2.16. The van der Waals surface area contributed by atoms with Crippen molar-refractivity contribution in [2.45, 2.75) is 13.5 Å². The zero-order valence-electron chi connectivity index (χ0n) is 20.6. The summed E-state index contributed by atoms with van der Waals surface area (Å²) in [6.07, 6.45) is 3.00. The van der Waals surface area contributed by atoms with E-state index >= 15 is 0 Å². The smallest absolute Gasteiger partial charge is 0.204 e. The number of allylic oxidation sites excluding steroid dienone is 1. The Kier molecular flexibility index (Phi) is 7.44. The van der Waals surface area contributed by atoms with E-state index in [-0.39, 0.29) is 28.6 Å². The molecule has 0 aliphatic heterocycles. The summed E-state index contributed by atoms with van der Waals surface area (Å²) >= 11 is 0. The number of phenolic OH excluding ortho intramolecular Hbond substituents is 1. The Hall–Kier alpha value is -4.46. The highest BCUT2D eigenvalue weighted by atomic mass is 16.5. The first-order valence-electron chi connectivity index (χ1n) is 11.4. The number of fused-ring (bicyclic) bond motifs is 1. The van der Waals surface area contributed by atoms with E-state index in [2.05, 4.69) is 9.55 Å². The molecule has 0 fully saturated rings. The number of aryl methyl sites for hydroxylation is 1. The van der Waals surface area contributed by atoms with Crippen molar-refractivity contribution < 1.29 is 28.8 Å².